The fourth-order valence-electron chi connectivity index (χ4n) is 2.78. The minimum absolute atomic E-state index is 0.0659. The van der Waals surface area contributed by atoms with E-state index in [0.717, 1.165) is 37.9 Å². The maximum Gasteiger partial charge on any atom is 0.417 e. The number of alkyl halides is 3. The van der Waals surface area contributed by atoms with Crippen molar-refractivity contribution in [2.24, 2.45) is 0 Å². The quantitative estimate of drug-likeness (QED) is 0.874. The Labute approximate surface area is 147 Å². The number of thiophene rings is 1. The first kappa shape index (κ1) is 17.7. The first-order chi connectivity index (χ1) is 11.9. The van der Waals surface area contributed by atoms with E-state index in [-0.39, 0.29) is 23.9 Å². The van der Waals surface area contributed by atoms with Crippen LogP contribution in [0.5, 0.6) is 5.88 Å². The van der Waals surface area contributed by atoms with E-state index >= 15 is 0 Å². The molecule has 134 valence electrons. The van der Waals surface area contributed by atoms with Crippen LogP contribution < -0.4 is 10.1 Å². The molecule has 1 saturated carbocycles. The number of aromatic nitrogens is 1. The van der Waals surface area contributed by atoms with Crippen molar-refractivity contribution in [2.75, 3.05) is 0 Å². The Morgan fingerprint density at radius 1 is 1.20 bits per heavy atom. The lowest BCUT2D eigenvalue weighted by Gasteiger charge is -2.29. The van der Waals surface area contributed by atoms with Crippen molar-refractivity contribution in [1.29, 1.82) is 0 Å². The molecule has 2 heterocycles. The predicted octanol–water partition coefficient (Wildman–Crippen LogP) is 4.28. The van der Waals surface area contributed by atoms with E-state index in [1.807, 2.05) is 11.4 Å². The molecule has 1 N–H and O–H groups in total. The van der Waals surface area contributed by atoms with Crippen molar-refractivity contribution >= 4 is 17.2 Å². The minimum atomic E-state index is -4.40. The summed E-state index contributed by atoms with van der Waals surface area (Å²) in [7, 11) is 0. The third-order valence-corrected chi connectivity index (χ3v) is 4.97. The fourth-order valence-corrected chi connectivity index (χ4v) is 3.40. The predicted molar refractivity (Wildman–Crippen MR) is 87.7 cm³/mol. The number of hydrogen-bond donors (Lipinski definition) is 1. The summed E-state index contributed by atoms with van der Waals surface area (Å²) in [5, 5.41) is 4.86. The molecule has 3 rings (SSSR count). The fraction of sp³-hybridized carbons (Fsp3) is 0.412. The first-order valence-corrected chi connectivity index (χ1v) is 8.84. The molecule has 0 aromatic carbocycles. The van der Waals surface area contributed by atoms with Gasteiger partial charge >= 0.3 is 6.18 Å². The van der Waals surface area contributed by atoms with E-state index in [2.05, 4.69) is 10.3 Å². The number of carbonyl (C=O) groups excluding carboxylic acids is 1. The first-order valence-electron chi connectivity index (χ1n) is 7.96. The zero-order valence-corrected chi connectivity index (χ0v) is 14.1. The average molecular weight is 370 g/mol. The number of halogens is 3. The van der Waals surface area contributed by atoms with Crippen LogP contribution in [-0.4, -0.2) is 23.0 Å². The molecule has 1 aliphatic rings. The number of pyridine rings is 1. The molecule has 0 aliphatic heterocycles. The van der Waals surface area contributed by atoms with Crippen molar-refractivity contribution in [3.8, 4) is 5.88 Å². The van der Waals surface area contributed by atoms with Gasteiger partial charge in [-0.15, -0.1) is 11.3 Å². The summed E-state index contributed by atoms with van der Waals surface area (Å²) < 4.78 is 43.2. The summed E-state index contributed by atoms with van der Waals surface area (Å²) >= 11 is 1.40. The van der Waals surface area contributed by atoms with Crippen LogP contribution in [0.2, 0.25) is 0 Å². The van der Waals surface area contributed by atoms with Gasteiger partial charge in [0.15, 0.2) is 0 Å². The summed E-state index contributed by atoms with van der Waals surface area (Å²) in [5.41, 5.74) is -0.792. The second kappa shape index (κ2) is 7.43. The van der Waals surface area contributed by atoms with Crippen molar-refractivity contribution in [2.45, 2.75) is 44.0 Å². The Kier molecular flexibility index (Phi) is 5.27. The van der Waals surface area contributed by atoms with Gasteiger partial charge in [0.25, 0.3) is 5.91 Å². The SMILES string of the molecule is O=C(NC1CCC(Oc2ccc(C(F)(F)F)cn2)CC1)c1cccs1. The summed E-state index contributed by atoms with van der Waals surface area (Å²) in [5.74, 6) is 0.128. The van der Waals surface area contributed by atoms with Gasteiger partial charge < -0.3 is 10.1 Å². The molecule has 0 atom stereocenters. The van der Waals surface area contributed by atoms with Crippen LogP contribution in [0.25, 0.3) is 0 Å². The summed E-state index contributed by atoms with van der Waals surface area (Å²) in [6.45, 7) is 0. The molecule has 0 unspecified atom stereocenters. The van der Waals surface area contributed by atoms with Crippen LogP contribution in [0.1, 0.15) is 40.9 Å². The molecule has 4 nitrogen and oxygen atoms in total. The van der Waals surface area contributed by atoms with E-state index in [0.29, 0.717) is 4.88 Å². The Morgan fingerprint density at radius 3 is 2.52 bits per heavy atom. The lowest BCUT2D eigenvalue weighted by molar-refractivity contribution is -0.137. The van der Waals surface area contributed by atoms with Gasteiger partial charge in [-0.2, -0.15) is 13.2 Å². The third-order valence-electron chi connectivity index (χ3n) is 4.11. The minimum Gasteiger partial charge on any atom is -0.474 e. The Bertz CT molecular complexity index is 694. The van der Waals surface area contributed by atoms with E-state index in [1.165, 1.54) is 17.4 Å². The standard InChI is InChI=1S/C17H17F3N2O2S/c18-17(19,20)11-3-8-15(21-10-11)24-13-6-4-12(5-7-13)22-16(23)14-2-1-9-25-14/h1-3,8-10,12-13H,4-7H2,(H,22,23). The molecule has 0 saturated heterocycles. The molecule has 1 aliphatic carbocycles. The highest BCUT2D eigenvalue weighted by Crippen LogP contribution is 2.30. The van der Waals surface area contributed by atoms with E-state index < -0.39 is 11.7 Å². The number of hydrogen-bond acceptors (Lipinski definition) is 4. The van der Waals surface area contributed by atoms with Crippen molar-refractivity contribution in [3.63, 3.8) is 0 Å². The van der Waals surface area contributed by atoms with Gasteiger partial charge in [-0.25, -0.2) is 4.98 Å². The van der Waals surface area contributed by atoms with Gasteiger partial charge in [0.1, 0.15) is 6.10 Å². The van der Waals surface area contributed by atoms with Crippen molar-refractivity contribution < 1.29 is 22.7 Å². The number of amides is 1. The second-order valence-corrected chi connectivity index (χ2v) is 6.87. The highest BCUT2D eigenvalue weighted by Gasteiger charge is 2.31. The average Bonchev–Trinajstić information content (AvgIpc) is 3.11. The summed E-state index contributed by atoms with van der Waals surface area (Å²) in [6.07, 6.45) is -0.743. The maximum atomic E-state index is 12.5. The molecule has 0 bridgehead atoms. The molecular weight excluding hydrogens is 353 g/mol. The molecule has 2 aromatic heterocycles. The topological polar surface area (TPSA) is 51.2 Å². The van der Waals surface area contributed by atoms with Crippen molar-refractivity contribution in [1.82, 2.24) is 10.3 Å². The Morgan fingerprint density at radius 2 is 1.96 bits per heavy atom. The zero-order valence-electron chi connectivity index (χ0n) is 13.3. The van der Waals surface area contributed by atoms with Gasteiger partial charge in [-0.3, -0.25) is 4.79 Å². The molecule has 0 spiro atoms. The lowest BCUT2D eigenvalue weighted by atomic mass is 9.93. The molecule has 0 radical (unpaired) electrons. The van der Waals surface area contributed by atoms with Crippen LogP contribution in [0.4, 0.5) is 13.2 Å². The highest BCUT2D eigenvalue weighted by molar-refractivity contribution is 7.12. The number of carbonyl (C=O) groups is 1. The van der Waals surface area contributed by atoms with Crippen molar-refractivity contribution in [3.05, 3.63) is 46.3 Å². The number of nitrogens with one attached hydrogen (secondary N) is 1. The largest absolute Gasteiger partial charge is 0.474 e. The van der Waals surface area contributed by atoms with Gasteiger partial charge in [0, 0.05) is 18.3 Å². The molecule has 25 heavy (non-hydrogen) atoms. The summed E-state index contributed by atoms with van der Waals surface area (Å²) in [4.78, 5) is 16.4. The van der Waals surface area contributed by atoms with Crippen LogP contribution in [-0.2, 0) is 6.18 Å². The number of nitrogens with zero attached hydrogens (tertiary/aromatic N) is 1. The van der Waals surface area contributed by atoms with Gasteiger partial charge in [0.2, 0.25) is 5.88 Å². The molecular formula is C17H17F3N2O2S. The Balaban J connectivity index is 1.47. The maximum absolute atomic E-state index is 12.5. The van der Waals surface area contributed by atoms with Crippen LogP contribution >= 0.6 is 11.3 Å². The van der Waals surface area contributed by atoms with Gasteiger partial charge in [-0.1, -0.05) is 6.07 Å². The van der Waals surface area contributed by atoms with E-state index in [1.54, 1.807) is 6.07 Å². The summed E-state index contributed by atoms with van der Waals surface area (Å²) in [6, 6.07) is 5.92. The highest BCUT2D eigenvalue weighted by atomic mass is 32.1. The van der Waals surface area contributed by atoms with E-state index in [9.17, 15) is 18.0 Å². The normalized spacial score (nSPS) is 20.9. The van der Waals surface area contributed by atoms with Gasteiger partial charge in [0.05, 0.1) is 10.4 Å². The molecule has 2 aromatic rings. The lowest BCUT2D eigenvalue weighted by Crippen LogP contribution is -2.39. The van der Waals surface area contributed by atoms with Crippen LogP contribution in [0, 0.1) is 0 Å². The van der Waals surface area contributed by atoms with Crippen LogP contribution in [0.15, 0.2) is 35.8 Å². The van der Waals surface area contributed by atoms with Crippen LogP contribution in [0.3, 0.4) is 0 Å². The molecule has 1 amide bonds. The molecule has 1 fully saturated rings. The monoisotopic (exact) mass is 370 g/mol. The van der Waals surface area contributed by atoms with Gasteiger partial charge in [-0.05, 0) is 43.2 Å². The number of rotatable bonds is 4. The second-order valence-electron chi connectivity index (χ2n) is 5.93. The smallest absolute Gasteiger partial charge is 0.417 e. The number of ether oxygens (including phenoxy) is 1. The third kappa shape index (κ3) is 4.72. The van der Waals surface area contributed by atoms with E-state index in [4.69, 9.17) is 4.74 Å². The zero-order chi connectivity index (χ0) is 17.9. The molecule has 8 heteroatoms. The Hall–Kier alpha value is -2.09.